The first kappa shape index (κ1) is 32.9. The van der Waals surface area contributed by atoms with Crippen molar-refractivity contribution in [3.05, 3.63) is 84.2 Å². The average molecular weight is 616 g/mol. The molecule has 0 unspecified atom stereocenters. The third-order valence-electron chi connectivity index (χ3n) is 6.62. The predicted molar refractivity (Wildman–Crippen MR) is 165 cm³/mol. The third-order valence-corrected chi connectivity index (χ3v) is 9.14. The Morgan fingerprint density at radius 1 is 1.00 bits per heavy atom. The van der Waals surface area contributed by atoms with Crippen molar-refractivity contribution in [2.45, 2.75) is 56.0 Å². The number of sulfonamides is 1. The molecule has 1 atom stereocenters. The first-order valence-electron chi connectivity index (χ1n) is 13.8. The van der Waals surface area contributed by atoms with E-state index in [0.717, 1.165) is 22.0 Å². The number of carbonyl (C=O) groups is 2. The maximum atomic E-state index is 14.1. The molecule has 0 aliphatic heterocycles. The van der Waals surface area contributed by atoms with Gasteiger partial charge in [0.2, 0.25) is 11.8 Å². The fourth-order valence-electron chi connectivity index (χ4n) is 4.23. The number of unbranched alkanes of at least 4 members (excludes halogenated alkanes) is 1. The van der Waals surface area contributed by atoms with Gasteiger partial charge in [0.25, 0.3) is 10.0 Å². The van der Waals surface area contributed by atoms with Crippen LogP contribution in [0.1, 0.15) is 39.2 Å². The van der Waals surface area contributed by atoms with Gasteiger partial charge in [-0.3, -0.25) is 13.9 Å². The number of para-hydroxylation sites is 2. The lowest BCUT2D eigenvalue weighted by molar-refractivity contribution is -0.139. The number of ether oxygens (including phenoxy) is 1. The number of carbonyl (C=O) groups excluding carboxylic acids is 2. The normalized spacial score (nSPS) is 11.9. The minimum absolute atomic E-state index is 0.00911. The lowest BCUT2D eigenvalue weighted by atomic mass is 10.1. The van der Waals surface area contributed by atoms with Crippen LogP contribution in [0.15, 0.2) is 82.6 Å². The van der Waals surface area contributed by atoms with Gasteiger partial charge in [0, 0.05) is 18.0 Å². The molecule has 3 rings (SSSR count). The van der Waals surface area contributed by atoms with Gasteiger partial charge in [-0.05, 0) is 80.6 Å². The maximum Gasteiger partial charge on any atom is 0.264 e. The number of nitrogens with zero attached hydrogens (tertiary/aromatic N) is 2. The highest BCUT2D eigenvalue weighted by Crippen LogP contribution is 2.33. The monoisotopic (exact) mass is 615 g/mol. The summed E-state index contributed by atoms with van der Waals surface area (Å²) in [6.45, 7) is 5.50. The van der Waals surface area contributed by atoms with E-state index in [1.807, 2.05) is 13.2 Å². The number of hydrogen-bond donors (Lipinski definition) is 1. The summed E-state index contributed by atoms with van der Waals surface area (Å²) in [4.78, 5) is 29.3. The lowest BCUT2D eigenvalue weighted by Crippen LogP contribution is -2.51. The number of anilines is 1. The minimum Gasteiger partial charge on any atom is -0.492 e. The molecule has 0 bridgehead atoms. The molecule has 2 amide bonds. The summed E-state index contributed by atoms with van der Waals surface area (Å²) in [5.74, 6) is -1.10. The van der Waals surface area contributed by atoms with E-state index in [2.05, 4.69) is 5.32 Å². The number of amides is 2. The van der Waals surface area contributed by atoms with Gasteiger partial charge in [-0.25, -0.2) is 12.8 Å². The second-order valence-electron chi connectivity index (χ2n) is 9.56. The molecule has 11 heteroatoms. The van der Waals surface area contributed by atoms with E-state index in [-0.39, 0.29) is 29.6 Å². The molecule has 0 saturated carbocycles. The van der Waals surface area contributed by atoms with Crippen LogP contribution in [0, 0.1) is 5.82 Å². The van der Waals surface area contributed by atoms with Gasteiger partial charge in [0.05, 0.1) is 17.2 Å². The van der Waals surface area contributed by atoms with Gasteiger partial charge in [-0.1, -0.05) is 37.6 Å². The number of hydrogen-bond acceptors (Lipinski definition) is 6. The van der Waals surface area contributed by atoms with Crippen LogP contribution in [0.25, 0.3) is 0 Å². The zero-order valence-electron chi connectivity index (χ0n) is 24.4. The molecule has 0 aliphatic rings. The van der Waals surface area contributed by atoms with Gasteiger partial charge >= 0.3 is 0 Å². The van der Waals surface area contributed by atoms with E-state index in [0.29, 0.717) is 17.9 Å². The lowest BCUT2D eigenvalue weighted by Gasteiger charge is -2.32. The number of thioether (sulfide) groups is 1. The highest BCUT2D eigenvalue weighted by molar-refractivity contribution is 7.98. The van der Waals surface area contributed by atoms with E-state index in [1.54, 1.807) is 50.2 Å². The number of nitrogens with one attached hydrogen (secondary N) is 1. The van der Waals surface area contributed by atoms with Gasteiger partial charge < -0.3 is 15.0 Å². The number of halogens is 1. The topological polar surface area (TPSA) is 96.0 Å². The first-order valence-corrected chi connectivity index (χ1v) is 16.5. The molecule has 0 fully saturated rings. The van der Waals surface area contributed by atoms with Crippen LogP contribution in [-0.2, 0) is 26.2 Å². The zero-order chi connectivity index (χ0) is 30.7. The van der Waals surface area contributed by atoms with E-state index in [9.17, 15) is 22.4 Å². The molecule has 42 heavy (non-hydrogen) atoms. The summed E-state index contributed by atoms with van der Waals surface area (Å²) < 4.78 is 48.6. The summed E-state index contributed by atoms with van der Waals surface area (Å²) in [5, 5.41) is 2.84. The molecule has 8 nitrogen and oxygen atoms in total. The summed E-state index contributed by atoms with van der Waals surface area (Å²) >= 11 is 1.48. The molecule has 1 N–H and O–H groups in total. The molecular weight excluding hydrogens is 577 g/mol. The summed E-state index contributed by atoms with van der Waals surface area (Å²) in [5.41, 5.74) is 0.790. The summed E-state index contributed by atoms with van der Waals surface area (Å²) in [7, 11) is -4.24. The fraction of sp³-hybridized carbons (Fsp3) is 0.355. The van der Waals surface area contributed by atoms with Crippen LogP contribution in [-0.4, -0.2) is 57.1 Å². The van der Waals surface area contributed by atoms with Crippen molar-refractivity contribution in [1.82, 2.24) is 10.2 Å². The van der Waals surface area contributed by atoms with Crippen LogP contribution in [0.4, 0.5) is 10.1 Å². The predicted octanol–water partition coefficient (Wildman–Crippen LogP) is 5.48. The van der Waals surface area contributed by atoms with Crippen LogP contribution in [0.3, 0.4) is 0 Å². The van der Waals surface area contributed by atoms with Gasteiger partial charge in [0.15, 0.2) is 0 Å². The van der Waals surface area contributed by atoms with E-state index in [4.69, 9.17) is 4.74 Å². The molecule has 3 aromatic rings. The molecule has 0 saturated heterocycles. The molecule has 226 valence electrons. The Balaban J connectivity index is 2.05. The third kappa shape index (κ3) is 8.48. The Kier molecular flexibility index (Phi) is 12.2. The van der Waals surface area contributed by atoms with Crippen molar-refractivity contribution < 1.29 is 27.1 Å². The van der Waals surface area contributed by atoms with Crippen LogP contribution >= 0.6 is 11.8 Å². The second-order valence-corrected chi connectivity index (χ2v) is 12.3. The van der Waals surface area contributed by atoms with E-state index >= 15 is 0 Å². The molecule has 0 spiro atoms. The molecule has 0 aliphatic carbocycles. The van der Waals surface area contributed by atoms with Gasteiger partial charge in [0.1, 0.15) is 24.2 Å². The van der Waals surface area contributed by atoms with Crippen molar-refractivity contribution in [3.63, 3.8) is 0 Å². The summed E-state index contributed by atoms with van der Waals surface area (Å²) in [6, 6.07) is 17.7. The van der Waals surface area contributed by atoms with Crippen molar-refractivity contribution >= 4 is 39.3 Å². The highest BCUT2D eigenvalue weighted by Gasteiger charge is 2.33. The van der Waals surface area contributed by atoms with E-state index in [1.165, 1.54) is 53.1 Å². The van der Waals surface area contributed by atoms with Crippen molar-refractivity contribution in [2.75, 3.05) is 30.3 Å². The molecule has 0 radical (unpaired) electrons. The molecule has 3 aromatic carbocycles. The molecule has 0 aromatic heterocycles. The Labute approximate surface area is 252 Å². The smallest absolute Gasteiger partial charge is 0.264 e. The van der Waals surface area contributed by atoms with Crippen molar-refractivity contribution in [1.29, 1.82) is 0 Å². The van der Waals surface area contributed by atoms with Crippen LogP contribution < -0.4 is 14.4 Å². The van der Waals surface area contributed by atoms with Crippen LogP contribution in [0.2, 0.25) is 0 Å². The summed E-state index contributed by atoms with van der Waals surface area (Å²) in [6.07, 6.45) is 3.55. The Hall–Kier alpha value is -3.57. The Morgan fingerprint density at radius 3 is 2.29 bits per heavy atom. The standard InChI is InChI=1S/C31H38FN3O5S2/c1-5-7-20-33-31(37)23(3)34(21-24-12-14-25(32)15-13-24)30(36)22-35(28-10-8-9-11-29(28)40-6-2)42(38,39)27-18-16-26(41-4)17-19-27/h8-19,23H,5-7,20-22H2,1-4H3,(H,33,37)/t23-/m1/s1. The molecular formula is C31H38FN3O5S2. The SMILES string of the molecule is CCCCNC(=O)[C@@H](C)N(Cc1ccc(F)cc1)C(=O)CN(c1ccccc1OCC)S(=O)(=O)c1ccc(SC)cc1. The Bertz CT molecular complexity index is 1430. The second kappa shape index (κ2) is 15.6. The van der Waals surface area contributed by atoms with Crippen LogP contribution in [0.5, 0.6) is 5.75 Å². The maximum absolute atomic E-state index is 14.1. The zero-order valence-corrected chi connectivity index (χ0v) is 26.0. The largest absolute Gasteiger partial charge is 0.492 e. The quantitative estimate of drug-likeness (QED) is 0.180. The van der Waals surface area contributed by atoms with Crippen molar-refractivity contribution in [3.8, 4) is 5.75 Å². The van der Waals surface area contributed by atoms with Crippen molar-refractivity contribution in [2.24, 2.45) is 0 Å². The highest BCUT2D eigenvalue weighted by atomic mass is 32.2. The molecule has 0 heterocycles. The first-order chi connectivity index (χ1) is 20.1. The number of benzene rings is 3. The average Bonchev–Trinajstić information content (AvgIpc) is 2.99. The van der Waals surface area contributed by atoms with E-state index < -0.39 is 34.3 Å². The van der Waals surface area contributed by atoms with Gasteiger partial charge in [-0.2, -0.15) is 0 Å². The number of rotatable bonds is 15. The minimum atomic E-state index is -4.24. The van der Waals surface area contributed by atoms with Gasteiger partial charge in [-0.15, -0.1) is 11.8 Å². The fourth-order valence-corrected chi connectivity index (χ4v) is 6.07. The Morgan fingerprint density at radius 2 is 1.67 bits per heavy atom.